The van der Waals surface area contributed by atoms with Crippen molar-refractivity contribution in [3.63, 3.8) is 0 Å². The predicted molar refractivity (Wildman–Crippen MR) is 26.3 cm³/mol. The normalized spacial score (nSPS) is 6.17. The van der Waals surface area contributed by atoms with Crippen LogP contribution in [0.5, 0.6) is 0 Å². The number of allylic oxidation sites excluding steroid dienone is 1. The van der Waals surface area contributed by atoms with Crippen LogP contribution in [-0.4, -0.2) is 11.6 Å². The summed E-state index contributed by atoms with van der Waals surface area (Å²) in [5, 5.41) is 14.4. The van der Waals surface area contributed by atoms with Gasteiger partial charge in [0.1, 0.15) is 0 Å². The minimum Gasteiger partial charge on any atom is -0.763 e. The fourth-order valence-electron chi connectivity index (χ4n) is 0.0968. The van der Waals surface area contributed by atoms with E-state index in [-0.39, 0.29) is 0 Å². The van der Waals surface area contributed by atoms with Crippen LogP contribution in [0.25, 0.3) is 5.41 Å². The summed E-state index contributed by atoms with van der Waals surface area (Å²) in [6, 6.07) is 0. The van der Waals surface area contributed by atoms with Crippen molar-refractivity contribution in [2.24, 2.45) is 0 Å². The summed E-state index contributed by atoms with van der Waals surface area (Å²) < 4.78 is 0. The Morgan fingerprint density at radius 2 is 2.50 bits per heavy atom. The number of nitrogens with zero attached hydrogens (tertiary/aromatic N) is 1. The second-order valence-electron chi connectivity index (χ2n) is 0.956. The minimum atomic E-state index is 0.303. The van der Waals surface area contributed by atoms with E-state index in [1.54, 1.807) is 12.8 Å². The van der Waals surface area contributed by atoms with E-state index < -0.39 is 0 Å². The Balaban J connectivity index is 3.60. The lowest BCUT2D eigenvalue weighted by molar-refractivity contribution is 1.50. The van der Waals surface area contributed by atoms with Crippen LogP contribution in [0.3, 0.4) is 0 Å². The molecule has 6 heavy (non-hydrogen) atoms. The molecule has 0 fully saturated rings. The smallest absolute Gasteiger partial charge is 0.0341 e. The Kier molecular flexibility index (Phi) is 2.02. The first-order valence-corrected chi connectivity index (χ1v) is 1.55. The maximum atomic E-state index is 7.79. The van der Waals surface area contributed by atoms with E-state index in [2.05, 4.69) is 0 Å². The molecule has 0 saturated heterocycles. The fourth-order valence-corrected chi connectivity index (χ4v) is 0.0968. The Bertz CT molecular complexity index is 98.1. The molecule has 0 aliphatic carbocycles. The molecule has 0 saturated carbocycles. The maximum absolute atomic E-state index is 7.79. The van der Waals surface area contributed by atoms with E-state index in [9.17, 15) is 0 Å². The van der Waals surface area contributed by atoms with Crippen molar-refractivity contribution in [1.82, 2.24) is 0 Å². The Labute approximate surface area is 36.5 Å². The predicted octanol–water partition coefficient (Wildman–Crippen LogP) is 0.821. The lowest BCUT2D eigenvalue weighted by Gasteiger charge is -1.74. The molecule has 0 aromatic carbocycles. The molecule has 0 aliphatic rings. The van der Waals surface area contributed by atoms with Crippen LogP contribution in [0.4, 0.5) is 0 Å². The molecule has 0 radical (unpaired) electrons. The summed E-state index contributed by atoms with van der Waals surface area (Å²) in [5.41, 5.74) is 0.303. The van der Waals surface area contributed by atoms with Gasteiger partial charge < -0.3 is 10.8 Å². The van der Waals surface area contributed by atoms with Crippen LogP contribution in [-0.2, 0) is 0 Å². The van der Waals surface area contributed by atoms with Crippen LogP contribution in [0.15, 0.2) is 6.08 Å². The zero-order valence-electron chi connectivity index (χ0n) is 3.52. The zero-order chi connectivity index (χ0) is 4.99. The van der Waals surface area contributed by atoms with Crippen LogP contribution in [0, 0.1) is 5.41 Å². The largest absolute Gasteiger partial charge is 0.763 e. The third kappa shape index (κ3) is 3.12. The molecule has 32 valence electrons. The molecule has 0 atom stereocenters. The van der Waals surface area contributed by atoms with Gasteiger partial charge in [-0.2, -0.15) is 0 Å². The molecule has 0 aromatic heterocycles. The number of hydrogen-bond donors (Lipinski definition) is 1. The summed E-state index contributed by atoms with van der Waals surface area (Å²) >= 11 is 0. The topological polar surface area (TPSA) is 46.2 Å². The van der Waals surface area contributed by atoms with Gasteiger partial charge in [0, 0.05) is 5.71 Å². The second kappa shape index (κ2) is 2.36. The van der Waals surface area contributed by atoms with Gasteiger partial charge in [-0.15, -0.1) is 0 Å². The SMILES string of the molecule is CC(=N)C=C=[N-]. The quantitative estimate of drug-likeness (QED) is 0.454. The second-order valence-corrected chi connectivity index (χ2v) is 0.956. The fraction of sp³-hybridized carbons (Fsp3) is 0.250. The van der Waals surface area contributed by atoms with Gasteiger partial charge >= 0.3 is 0 Å². The van der Waals surface area contributed by atoms with Gasteiger partial charge in [0.15, 0.2) is 0 Å². The molecule has 0 amide bonds. The lowest BCUT2D eigenvalue weighted by Crippen LogP contribution is -1.75. The average molecular weight is 81.1 g/mol. The average Bonchev–Trinajstić information content (AvgIpc) is 1.35. The van der Waals surface area contributed by atoms with Gasteiger partial charge in [-0.25, -0.2) is 0 Å². The van der Waals surface area contributed by atoms with Crippen molar-refractivity contribution in [3.8, 4) is 0 Å². The Hall–Kier alpha value is -0.880. The molecular formula is C4H5N2-. The van der Waals surface area contributed by atoms with E-state index in [0.29, 0.717) is 5.71 Å². The van der Waals surface area contributed by atoms with Crippen molar-refractivity contribution >= 4 is 11.6 Å². The number of nitrogens with one attached hydrogen (secondary N) is 1. The van der Waals surface area contributed by atoms with Gasteiger partial charge in [0.25, 0.3) is 0 Å². The highest BCUT2D eigenvalue weighted by atomic mass is 14.4. The Morgan fingerprint density at radius 1 is 2.00 bits per heavy atom. The van der Waals surface area contributed by atoms with Crippen molar-refractivity contribution in [3.05, 3.63) is 11.5 Å². The molecular weight excluding hydrogens is 76.1 g/mol. The third-order valence-electron chi connectivity index (χ3n) is 0.281. The minimum absolute atomic E-state index is 0.303. The molecule has 0 unspecified atom stereocenters. The summed E-state index contributed by atoms with van der Waals surface area (Å²) in [6.07, 6.45) is 1.18. The van der Waals surface area contributed by atoms with Crippen molar-refractivity contribution in [1.29, 1.82) is 5.41 Å². The third-order valence-corrected chi connectivity index (χ3v) is 0.281. The summed E-state index contributed by atoms with van der Waals surface area (Å²) in [5.74, 6) is 1.72. The van der Waals surface area contributed by atoms with Crippen molar-refractivity contribution < 1.29 is 0 Å². The molecule has 1 N–H and O–H groups in total. The summed E-state index contributed by atoms with van der Waals surface area (Å²) in [6.45, 7) is 1.56. The van der Waals surface area contributed by atoms with Gasteiger partial charge in [0.2, 0.25) is 0 Å². The summed E-state index contributed by atoms with van der Waals surface area (Å²) in [7, 11) is 0. The highest BCUT2D eigenvalue weighted by Crippen LogP contribution is 1.62. The first-order valence-electron chi connectivity index (χ1n) is 1.55. The molecule has 0 bridgehead atoms. The van der Waals surface area contributed by atoms with Crippen LogP contribution >= 0.6 is 0 Å². The number of rotatable bonds is 1. The van der Waals surface area contributed by atoms with E-state index in [1.807, 2.05) is 0 Å². The van der Waals surface area contributed by atoms with Gasteiger partial charge in [-0.3, -0.25) is 5.87 Å². The summed E-state index contributed by atoms with van der Waals surface area (Å²) in [4.78, 5) is 0. The first kappa shape index (κ1) is 5.12. The molecule has 2 heteroatoms. The number of hydrogen-bond acceptors (Lipinski definition) is 1. The Morgan fingerprint density at radius 3 is 2.50 bits per heavy atom. The van der Waals surface area contributed by atoms with Gasteiger partial charge in [0.05, 0.1) is 0 Å². The first-order chi connectivity index (χ1) is 2.77. The van der Waals surface area contributed by atoms with Crippen LogP contribution in [0.1, 0.15) is 6.92 Å². The maximum Gasteiger partial charge on any atom is 0.0341 e. The highest BCUT2D eigenvalue weighted by molar-refractivity contribution is 5.97. The van der Waals surface area contributed by atoms with Crippen molar-refractivity contribution in [2.75, 3.05) is 0 Å². The van der Waals surface area contributed by atoms with E-state index in [1.165, 1.54) is 6.08 Å². The van der Waals surface area contributed by atoms with Gasteiger partial charge in [-0.1, -0.05) is 0 Å². The highest BCUT2D eigenvalue weighted by Gasteiger charge is 1.63. The standard InChI is InChI=1S/C4H5N2/c1-4(6)2-3-5/h2,6H,1H3/q-1. The molecule has 2 nitrogen and oxygen atoms in total. The van der Waals surface area contributed by atoms with Gasteiger partial charge in [-0.05, 0) is 13.0 Å². The van der Waals surface area contributed by atoms with E-state index in [0.717, 1.165) is 0 Å². The molecule has 0 spiro atoms. The molecule has 0 rings (SSSR count). The van der Waals surface area contributed by atoms with E-state index in [4.69, 9.17) is 10.8 Å². The monoisotopic (exact) mass is 81.0 g/mol. The lowest BCUT2D eigenvalue weighted by atomic mass is 10.4. The zero-order valence-corrected chi connectivity index (χ0v) is 3.52. The van der Waals surface area contributed by atoms with Crippen LogP contribution < -0.4 is 0 Å². The molecule has 0 aromatic rings. The van der Waals surface area contributed by atoms with E-state index >= 15 is 0 Å². The van der Waals surface area contributed by atoms with Crippen molar-refractivity contribution in [2.45, 2.75) is 6.92 Å². The van der Waals surface area contributed by atoms with Crippen LogP contribution in [0.2, 0.25) is 0 Å². The molecule has 0 aliphatic heterocycles. The molecule has 0 heterocycles.